The molecule has 0 aromatic heterocycles. The van der Waals surface area contributed by atoms with E-state index in [1.165, 1.54) is 23.9 Å². The summed E-state index contributed by atoms with van der Waals surface area (Å²) in [6.45, 7) is 2.83. The SMILES string of the molecule is CS(=O)C(C)(C)[C@H](NC(=O)c1ccc(C#CC#CCO)cc1)C(=O)NO. The van der Waals surface area contributed by atoms with Gasteiger partial charge in [-0.15, -0.1) is 0 Å². The fourth-order valence-corrected chi connectivity index (χ4v) is 2.39. The topological polar surface area (TPSA) is 116 Å². The van der Waals surface area contributed by atoms with Gasteiger partial charge in [-0.1, -0.05) is 11.8 Å². The Balaban J connectivity index is 2.98. The summed E-state index contributed by atoms with van der Waals surface area (Å²) < 4.78 is 10.8. The molecule has 2 amide bonds. The molecule has 26 heavy (non-hydrogen) atoms. The number of rotatable bonds is 5. The summed E-state index contributed by atoms with van der Waals surface area (Å²) in [6, 6.07) is 5.05. The van der Waals surface area contributed by atoms with Crippen molar-refractivity contribution in [3.63, 3.8) is 0 Å². The average Bonchev–Trinajstić information content (AvgIpc) is 2.62. The normalized spacial score (nSPS) is 12.5. The molecule has 138 valence electrons. The Labute approximate surface area is 154 Å². The minimum absolute atomic E-state index is 0.269. The molecular weight excluding hydrogens is 356 g/mol. The predicted molar refractivity (Wildman–Crippen MR) is 97.5 cm³/mol. The lowest BCUT2D eigenvalue weighted by Gasteiger charge is -2.31. The van der Waals surface area contributed by atoms with Gasteiger partial charge in [0, 0.05) is 28.2 Å². The van der Waals surface area contributed by atoms with E-state index in [9.17, 15) is 13.8 Å². The molecule has 0 aliphatic carbocycles. The second kappa shape index (κ2) is 9.73. The Kier molecular flexibility index (Phi) is 8.01. The van der Waals surface area contributed by atoms with E-state index in [0.29, 0.717) is 5.56 Å². The molecule has 0 aliphatic heterocycles. The fourth-order valence-electron chi connectivity index (χ4n) is 1.89. The van der Waals surface area contributed by atoms with Gasteiger partial charge in [-0.3, -0.25) is 19.0 Å². The number of hydrogen-bond acceptors (Lipinski definition) is 5. The van der Waals surface area contributed by atoms with Gasteiger partial charge in [-0.2, -0.15) is 0 Å². The molecule has 7 nitrogen and oxygen atoms in total. The van der Waals surface area contributed by atoms with Crippen molar-refractivity contribution in [3.8, 4) is 23.7 Å². The number of carbonyl (C=O) groups is 2. The monoisotopic (exact) mass is 376 g/mol. The summed E-state index contributed by atoms with van der Waals surface area (Å²) in [4.78, 5) is 24.3. The second-order valence-corrected chi connectivity index (χ2v) is 7.69. The summed E-state index contributed by atoms with van der Waals surface area (Å²) in [5.74, 6) is 8.73. The third-order valence-electron chi connectivity index (χ3n) is 3.67. The van der Waals surface area contributed by atoms with Crippen molar-refractivity contribution in [3.05, 3.63) is 35.4 Å². The van der Waals surface area contributed by atoms with Gasteiger partial charge in [-0.05, 0) is 50.0 Å². The Morgan fingerprint density at radius 2 is 1.85 bits per heavy atom. The van der Waals surface area contributed by atoms with Gasteiger partial charge < -0.3 is 10.4 Å². The second-order valence-electron chi connectivity index (χ2n) is 5.73. The van der Waals surface area contributed by atoms with E-state index in [1.54, 1.807) is 26.0 Å². The summed E-state index contributed by atoms with van der Waals surface area (Å²) >= 11 is 0. The minimum Gasteiger partial charge on any atom is -0.384 e. The quantitative estimate of drug-likeness (QED) is 0.323. The van der Waals surface area contributed by atoms with Crippen molar-refractivity contribution in [1.29, 1.82) is 0 Å². The van der Waals surface area contributed by atoms with Crippen LogP contribution in [-0.2, 0) is 15.6 Å². The number of hydrogen-bond donors (Lipinski definition) is 4. The maximum atomic E-state index is 12.4. The highest BCUT2D eigenvalue weighted by Gasteiger charge is 2.39. The van der Waals surface area contributed by atoms with Gasteiger partial charge >= 0.3 is 0 Å². The zero-order valence-electron chi connectivity index (χ0n) is 14.6. The Bertz CT molecular complexity index is 810. The molecule has 0 saturated carbocycles. The van der Waals surface area contributed by atoms with Gasteiger partial charge in [0.05, 0.1) is 4.75 Å². The lowest BCUT2D eigenvalue weighted by molar-refractivity contribution is -0.131. The Hall–Kier alpha value is -2.65. The number of amides is 2. The van der Waals surface area contributed by atoms with Crippen molar-refractivity contribution in [2.75, 3.05) is 12.9 Å². The van der Waals surface area contributed by atoms with Crippen LogP contribution >= 0.6 is 0 Å². The minimum atomic E-state index is -1.45. The zero-order chi connectivity index (χ0) is 19.7. The molecule has 0 bridgehead atoms. The molecule has 1 aromatic rings. The number of hydroxylamine groups is 1. The first-order valence-electron chi connectivity index (χ1n) is 7.52. The molecular formula is C18H20N2O5S. The fraction of sp³-hybridized carbons (Fsp3) is 0.333. The van der Waals surface area contributed by atoms with Crippen molar-refractivity contribution in [2.45, 2.75) is 24.6 Å². The van der Waals surface area contributed by atoms with Crippen molar-refractivity contribution >= 4 is 22.6 Å². The van der Waals surface area contributed by atoms with E-state index < -0.39 is 33.4 Å². The highest BCUT2D eigenvalue weighted by molar-refractivity contribution is 7.85. The van der Waals surface area contributed by atoms with E-state index >= 15 is 0 Å². The van der Waals surface area contributed by atoms with E-state index in [0.717, 1.165) is 0 Å². The molecule has 1 aromatic carbocycles. The number of aliphatic hydroxyl groups is 1. The lowest BCUT2D eigenvalue weighted by atomic mass is 10.0. The van der Waals surface area contributed by atoms with E-state index in [-0.39, 0.29) is 12.2 Å². The van der Waals surface area contributed by atoms with Gasteiger partial charge in [0.2, 0.25) is 0 Å². The largest absolute Gasteiger partial charge is 0.384 e. The van der Waals surface area contributed by atoms with Crippen LogP contribution in [0.1, 0.15) is 29.8 Å². The molecule has 1 rings (SSSR count). The van der Waals surface area contributed by atoms with Gasteiger partial charge in [0.15, 0.2) is 0 Å². The van der Waals surface area contributed by atoms with E-state index in [1.807, 2.05) is 0 Å². The summed E-state index contributed by atoms with van der Waals surface area (Å²) in [6.07, 6.45) is 1.41. The van der Waals surface area contributed by atoms with Gasteiger partial charge in [-0.25, -0.2) is 5.48 Å². The van der Waals surface area contributed by atoms with Crippen LogP contribution in [0.2, 0.25) is 0 Å². The van der Waals surface area contributed by atoms with Crippen LogP contribution in [0.15, 0.2) is 24.3 Å². The smallest absolute Gasteiger partial charge is 0.267 e. The number of benzene rings is 1. The zero-order valence-corrected chi connectivity index (χ0v) is 15.4. The first-order chi connectivity index (χ1) is 12.2. The molecule has 0 saturated heterocycles. The van der Waals surface area contributed by atoms with Crippen molar-refractivity contribution < 1.29 is 24.1 Å². The molecule has 0 radical (unpaired) electrons. The van der Waals surface area contributed by atoms with Crippen LogP contribution in [0.5, 0.6) is 0 Å². The highest BCUT2D eigenvalue weighted by atomic mass is 32.2. The van der Waals surface area contributed by atoms with E-state index in [4.69, 9.17) is 10.3 Å². The Morgan fingerprint density at radius 1 is 1.23 bits per heavy atom. The maximum Gasteiger partial charge on any atom is 0.267 e. The van der Waals surface area contributed by atoms with Crippen molar-refractivity contribution in [2.24, 2.45) is 0 Å². The Morgan fingerprint density at radius 3 is 2.35 bits per heavy atom. The summed E-state index contributed by atoms with van der Waals surface area (Å²) in [7, 11) is -1.45. The van der Waals surface area contributed by atoms with Gasteiger partial charge in [0.1, 0.15) is 12.6 Å². The van der Waals surface area contributed by atoms with Crippen LogP contribution in [0.25, 0.3) is 0 Å². The lowest BCUT2D eigenvalue weighted by Crippen LogP contribution is -2.58. The molecule has 8 heteroatoms. The van der Waals surface area contributed by atoms with Crippen molar-refractivity contribution in [1.82, 2.24) is 10.8 Å². The van der Waals surface area contributed by atoms with Gasteiger partial charge in [0.25, 0.3) is 11.8 Å². The van der Waals surface area contributed by atoms with Crippen LogP contribution in [0, 0.1) is 23.7 Å². The van der Waals surface area contributed by atoms with Crippen LogP contribution in [0.4, 0.5) is 0 Å². The number of carbonyl (C=O) groups excluding carboxylic acids is 2. The summed E-state index contributed by atoms with van der Waals surface area (Å²) in [5.41, 5.74) is 2.38. The third kappa shape index (κ3) is 5.71. The predicted octanol–water partition coefficient (Wildman–Crippen LogP) is -0.205. The maximum absolute atomic E-state index is 12.4. The number of aliphatic hydroxyl groups excluding tert-OH is 1. The summed E-state index contributed by atoms with van der Waals surface area (Å²) in [5, 5.41) is 19.9. The highest BCUT2D eigenvalue weighted by Crippen LogP contribution is 2.18. The third-order valence-corrected chi connectivity index (χ3v) is 5.39. The molecule has 0 spiro atoms. The first-order valence-corrected chi connectivity index (χ1v) is 9.08. The first kappa shape index (κ1) is 21.4. The average molecular weight is 376 g/mol. The molecule has 0 fully saturated rings. The molecule has 4 N–H and O–H groups in total. The molecule has 0 aliphatic rings. The molecule has 0 heterocycles. The number of nitrogens with one attached hydrogen (secondary N) is 2. The van der Waals surface area contributed by atoms with Crippen LogP contribution < -0.4 is 10.8 Å². The van der Waals surface area contributed by atoms with Crippen LogP contribution in [-0.4, -0.2) is 50.0 Å². The van der Waals surface area contributed by atoms with E-state index in [2.05, 4.69) is 29.0 Å². The van der Waals surface area contributed by atoms with Crippen LogP contribution in [0.3, 0.4) is 0 Å². The standard InChI is InChI=1S/C18H20N2O5S/c1-18(2,26(3)25)15(17(23)20-24)19-16(22)14-10-8-13(9-11-14)7-5-4-6-12-21/h8-11,15,21,24H,12H2,1-3H3,(H,19,22)(H,20,23)/t15-,26?/m1/s1. The molecule has 1 unspecified atom stereocenters. The molecule has 2 atom stereocenters.